The van der Waals surface area contributed by atoms with Gasteiger partial charge in [0.05, 0.1) is 11.2 Å². The summed E-state index contributed by atoms with van der Waals surface area (Å²) in [5, 5.41) is 2.90. The van der Waals surface area contributed by atoms with Crippen molar-refractivity contribution in [2.45, 2.75) is 25.2 Å². The largest absolute Gasteiger partial charge is 0.351 e. The number of rotatable bonds is 6. The fourth-order valence-electron chi connectivity index (χ4n) is 4.21. The van der Waals surface area contributed by atoms with Crippen LogP contribution in [0, 0.1) is 0 Å². The van der Waals surface area contributed by atoms with Gasteiger partial charge in [0, 0.05) is 44.5 Å². The van der Waals surface area contributed by atoms with Gasteiger partial charge in [0.25, 0.3) is 5.91 Å². The smallest absolute Gasteiger partial charge is 0.251 e. The van der Waals surface area contributed by atoms with Gasteiger partial charge < -0.3 is 15.1 Å². The summed E-state index contributed by atoms with van der Waals surface area (Å²) >= 11 is 0. The number of fused-ring (bicyclic) bond motifs is 2. The van der Waals surface area contributed by atoms with E-state index in [1.165, 1.54) is 4.31 Å². The molecule has 0 atom stereocenters. The normalized spacial score (nSPS) is 19.1. The number of carbonyl (C=O) groups excluding carboxylic acids is 2. The van der Waals surface area contributed by atoms with Gasteiger partial charge in [0.2, 0.25) is 15.9 Å². The molecule has 1 aromatic carbocycles. The number of benzene rings is 1. The highest BCUT2D eigenvalue weighted by Gasteiger charge is 2.52. The third-order valence-corrected chi connectivity index (χ3v) is 7.91. The Morgan fingerprint density at radius 3 is 2.48 bits per heavy atom. The predicted octanol–water partition coefficient (Wildman–Crippen LogP) is 0.638. The third kappa shape index (κ3) is 3.91. The SMILES string of the molecule is CCS(=O)(=O)N1CCC2(CC1)C(=O)N(C)c1ccc(C(=O)NCCN(C)C)cc12. The maximum Gasteiger partial charge on any atom is 0.251 e. The zero-order valence-corrected chi connectivity index (χ0v) is 18.4. The van der Waals surface area contributed by atoms with Crippen molar-refractivity contribution < 1.29 is 18.0 Å². The minimum absolute atomic E-state index is 0.0220. The van der Waals surface area contributed by atoms with Gasteiger partial charge in [-0.1, -0.05) is 0 Å². The summed E-state index contributed by atoms with van der Waals surface area (Å²) in [6.45, 7) is 3.54. The Bertz CT molecular complexity index is 905. The van der Waals surface area contributed by atoms with E-state index in [1.54, 1.807) is 24.9 Å². The van der Waals surface area contributed by atoms with Crippen LogP contribution in [-0.4, -0.2) is 82.5 Å². The highest BCUT2D eigenvalue weighted by Crippen LogP contribution is 2.48. The third-order valence-electron chi connectivity index (χ3n) is 6.03. The fraction of sp³-hybridized carbons (Fsp3) is 0.600. The zero-order chi connectivity index (χ0) is 21.4. The second kappa shape index (κ2) is 8.04. The van der Waals surface area contributed by atoms with Gasteiger partial charge in [-0.05, 0) is 57.6 Å². The van der Waals surface area contributed by atoms with Crippen LogP contribution in [0.4, 0.5) is 5.69 Å². The Morgan fingerprint density at radius 1 is 1.24 bits per heavy atom. The predicted molar refractivity (Wildman–Crippen MR) is 113 cm³/mol. The summed E-state index contributed by atoms with van der Waals surface area (Å²) in [4.78, 5) is 29.3. The van der Waals surface area contributed by atoms with Crippen LogP contribution in [0.5, 0.6) is 0 Å². The minimum Gasteiger partial charge on any atom is -0.351 e. The molecule has 2 heterocycles. The van der Waals surface area contributed by atoms with E-state index in [2.05, 4.69) is 5.32 Å². The van der Waals surface area contributed by atoms with Gasteiger partial charge in [0.15, 0.2) is 0 Å². The van der Waals surface area contributed by atoms with Crippen LogP contribution >= 0.6 is 0 Å². The van der Waals surface area contributed by atoms with E-state index in [0.717, 1.165) is 17.8 Å². The molecular formula is C20H30N4O4S. The zero-order valence-electron chi connectivity index (χ0n) is 17.6. The molecule has 9 heteroatoms. The summed E-state index contributed by atoms with van der Waals surface area (Å²) in [7, 11) is 2.35. The quantitative estimate of drug-likeness (QED) is 0.727. The molecule has 29 heavy (non-hydrogen) atoms. The Kier molecular flexibility index (Phi) is 6.03. The van der Waals surface area contributed by atoms with Crippen molar-refractivity contribution in [3.05, 3.63) is 29.3 Å². The molecule has 1 fully saturated rings. The molecule has 1 N–H and O–H groups in total. The molecule has 0 saturated carbocycles. The van der Waals surface area contributed by atoms with Crippen molar-refractivity contribution in [2.75, 3.05) is 58.0 Å². The molecule has 2 aliphatic rings. The number of piperidine rings is 1. The van der Waals surface area contributed by atoms with Gasteiger partial charge >= 0.3 is 0 Å². The first kappa shape index (κ1) is 21.7. The first-order chi connectivity index (χ1) is 13.6. The van der Waals surface area contributed by atoms with Crippen LogP contribution < -0.4 is 10.2 Å². The Morgan fingerprint density at radius 2 is 1.90 bits per heavy atom. The summed E-state index contributed by atoms with van der Waals surface area (Å²) in [6.07, 6.45) is 0.849. The van der Waals surface area contributed by atoms with Gasteiger partial charge in [-0.3, -0.25) is 9.59 Å². The van der Waals surface area contributed by atoms with E-state index in [0.29, 0.717) is 38.0 Å². The van der Waals surface area contributed by atoms with Crippen LogP contribution in [0.25, 0.3) is 0 Å². The summed E-state index contributed by atoms with van der Waals surface area (Å²) in [5.41, 5.74) is 1.39. The fourth-order valence-corrected chi connectivity index (χ4v) is 5.31. The van der Waals surface area contributed by atoms with Crippen LogP contribution in [0.1, 0.15) is 35.7 Å². The molecule has 1 spiro atoms. The molecule has 160 valence electrons. The molecule has 0 radical (unpaired) electrons. The lowest BCUT2D eigenvalue weighted by molar-refractivity contribution is -0.124. The van der Waals surface area contributed by atoms with Crippen LogP contribution in [0.3, 0.4) is 0 Å². The second-order valence-electron chi connectivity index (χ2n) is 8.04. The summed E-state index contributed by atoms with van der Waals surface area (Å²) in [5.74, 6) is -0.133. The Balaban J connectivity index is 1.86. The molecule has 0 aliphatic carbocycles. The van der Waals surface area contributed by atoms with E-state index in [4.69, 9.17) is 0 Å². The first-order valence-corrected chi connectivity index (χ1v) is 11.6. The van der Waals surface area contributed by atoms with Crippen molar-refractivity contribution in [1.29, 1.82) is 0 Å². The van der Waals surface area contributed by atoms with Crippen LogP contribution in [-0.2, 0) is 20.2 Å². The average molecular weight is 423 g/mol. The lowest BCUT2D eigenvalue weighted by atomic mass is 9.74. The molecule has 0 unspecified atom stereocenters. The Hall–Kier alpha value is -1.97. The molecular weight excluding hydrogens is 392 g/mol. The van der Waals surface area contributed by atoms with E-state index in [9.17, 15) is 18.0 Å². The van der Waals surface area contributed by atoms with Gasteiger partial charge in [-0.2, -0.15) is 0 Å². The molecule has 0 aromatic heterocycles. The monoisotopic (exact) mass is 422 g/mol. The number of hydrogen-bond acceptors (Lipinski definition) is 5. The topological polar surface area (TPSA) is 90.0 Å². The number of amides is 2. The minimum atomic E-state index is -3.27. The molecule has 8 nitrogen and oxygen atoms in total. The van der Waals surface area contributed by atoms with Crippen LogP contribution in [0.15, 0.2) is 18.2 Å². The standard InChI is InChI=1S/C20H30N4O4S/c1-5-29(27,28)24-11-8-20(9-12-24)16-14-15(18(25)21-10-13-22(2)3)6-7-17(16)23(4)19(20)26/h6-7,14H,5,8-13H2,1-4H3,(H,21,25). The number of likely N-dealkylation sites (N-methyl/N-ethyl adjacent to an activating group) is 2. The van der Waals surface area contributed by atoms with Crippen molar-refractivity contribution in [3.8, 4) is 0 Å². The average Bonchev–Trinajstić information content (AvgIpc) is 2.90. The first-order valence-electron chi connectivity index (χ1n) is 9.96. The van der Waals surface area contributed by atoms with Crippen molar-refractivity contribution in [1.82, 2.24) is 14.5 Å². The Labute approximate surface area is 172 Å². The van der Waals surface area contributed by atoms with E-state index >= 15 is 0 Å². The highest BCUT2D eigenvalue weighted by atomic mass is 32.2. The van der Waals surface area contributed by atoms with E-state index in [-0.39, 0.29) is 17.6 Å². The summed E-state index contributed by atoms with van der Waals surface area (Å²) < 4.78 is 25.9. The number of anilines is 1. The number of nitrogens with zero attached hydrogens (tertiary/aromatic N) is 3. The lowest BCUT2D eigenvalue weighted by Gasteiger charge is -2.37. The molecule has 1 saturated heterocycles. The number of nitrogens with one attached hydrogen (secondary N) is 1. The van der Waals surface area contributed by atoms with Crippen molar-refractivity contribution >= 4 is 27.5 Å². The maximum absolute atomic E-state index is 13.1. The molecule has 1 aromatic rings. The highest BCUT2D eigenvalue weighted by molar-refractivity contribution is 7.89. The molecule has 0 bridgehead atoms. The van der Waals surface area contributed by atoms with Gasteiger partial charge in [-0.15, -0.1) is 0 Å². The van der Waals surface area contributed by atoms with Crippen LogP contribution in [0.2, 0.25) is 0 Å². The lowest BCUT2D eigenvalue weighted by Crippen LogP contribution is -2.49. The molecule has 3 rings (SSSR count). The molecule has 2 aliphatic heterocycles. The van der Waals surface area contributed by atoms with Gasteiger partial charge in [-0.25, -0.2) is 12.7 Å². The van der Waals surface area contributed by atoms with Crippen molar-refractivity contribution in [2.24, 2.45) is 0 Å². The summed E-state index contributed by atoms with van der Waals surface area (Å²) in [6, 6.07) is 5.37. The maximum atomic E-state index is 13.1. The number of sulfonamides is 1. The van der Waals surface area contributed by atoms with Crippen molar-refractivity contribution in [3.63, 3.8) is 0 Å². The number of hydrogen-bond donors (Lipinski definition) is 1. The van der Waals surface area contributed by atoms with E-state index in [1.807, 2.05) is 31.1 Å². The second-order valence-corrected chi connectivity index (χ2v) is 10.3. The van der Waals surface area contributed by atoms with Gasteiger partial charge in [0.1, 0.15) is 0 Å². The van der Waals surface area contributed by atoms with E-state index < -0.39 is 15.4 Å². The molecule has 2 amide bonds. The number of carbonyl (C=O) groups is 2.